The Labute approximate surface area is 202 Å². The predicted octanol–water partition coefficient (Wildman–Crippen LogP) is 6.78. The molecule has 3 aromatic rings. The van der Waals surface area contributed by atoms with Crippen LogP contribution < -0.4 is 0 Å². The molecule has 0 bridgehead atoms. The lowest BCUT2D eigenvalue weighted by Crippen LogP contribution is -2.36. The first-order valence-electron chi connectivity index (χ1n) is 10.7. The van der Waals surface area contributed by atoms with Crippen molar-refractivity contribution in [2.24, 2.45) is 4.99 Å². The number of alkyl halides is 6. The van der Waals surface area contributed by atoms with Crippen molar-refractivity contribution in [3.8, 4) is 0 Å². The summed E-state index contributed by atoms with van der Waals surface area (Å²) in [6, 6.07) is 14.8. The largest absolute Gasteiger partial charge is 0.416 e. The first kappa shape index (κ1) is 25.2. The van der Waals surface area contributed by atoms with Crippen LogP contribution in [0.4, 0.5) is 26.3 Å². The highest BCUT2D eigenvalue weighted by atomic mass is 32.1. The van der Waals surface area contributed by atoms with E-state index in [0.29, 0.717) is 25.1 Å². The van der Waals surface area contributed by atoms with E-state index in [2.05, 4.69) is 0 Å². The van der Waals surface area contributed by atoms with Crippen LogP contribution >= 0.6 is 11.3 Å². The Kier molecular flexibility index (Phi) is 6.97. The van der Waals surface area contributed by atoms with Crippen LogP contribution in [0.15, 0.2) is 71.0 Å². The molecule has 0 amide bonds. The van der Waals surface area contributed by atoms with E-state index >= 15 is 0 Å². The molecule has 1 aliphatic heterocycles. The Balaban J connectivity index is 1.59. The molecular weight excluding hydrogens is 490 g/mol. The summed E-state index contributed by atoms with van der Waals surface area (Å²) in [4.78, 5) is 8.09. The summed E-state index contributed by atoms with van der Waals surface area (Å²) in [6.45, 7) is 0.0437. The van der Waals surface area contributed by atoms with Crippen LogP contribution in [0.2, 0.25) is 0 Å². The number of halogens is 6. The summed E-state index contributed by atoms with van der Waals surface area (Å²) in [5.41, 5.74) is -2.91. The molecule has 0 radical (unpaired) electrons. The van der Waals surface area contributed by atoms with Crippen molar-refractivity contribution in [2.45, 2.75) is 30.9 Å². The molecule has 0 unspecified atom stereocenters. The lowest BCUT2D eigenvalue weighted by atomic mass is 9.92. The van der Waals surface area contributed by atoms with Gasteiger partial charge < -0.3 is 9.64 Å². The van der Waals surface area contributed by atoms with E-state index in [1.165, 1.54) is 0 Å². The average molecular weight is 513 g/mol. The zero-order valence-corrected chi connectivity index (χ0v) is 19.5. The van der Waals surface area contributed by atoms with Gasteiger partial charge >= 0.3 is 12.4 Å². The number of ether oxygens (including phenoxy) is 1. The fourth-order valence-corrected chi connectivity index (χ4v) is 4.80. The number of amidine groups is 1. The second-order valence-corrected chi connectivity index (χ2v) is 9.48. The van der Waals surface area contributed by atoms with Crippen LogP contribution in [-0.2, 0) is 35.7 Å². The second kappa shape index (κ2) is 9.66. The van der Waals surface area contributed by atoms with E-state index in [4.69, 9.17) is 9.73 Å². The molecule has 0 saturated heterocycles. The van der Waals surface area contributed by atoms with Crippen molar-refractivity contribution in [1.29, 1.82) is 0 Å². The quantitative estimate of drug-likeness (QED) is 0.326. The third kappa shape index (κ3) is 5.87. The number of benzene rings is 2. The van der Waals surface area contributed by atoms with Crippen molar-refractivity contribution in [3.05, 3.63) is 93.2 Å². The van der Waals surface area contributed by atoms with Gasteiger partial charge in [-0.25, -0.2) is 0 Å². The second-order valence-electron chi connectivity index (χ2n) is 8.44. The molecule has 3 nitrogen and oxygen atoms in total. The summed E-state index contributed by atoms with van der Waals surface area (Å²) in [5, 5.41) is 1.97. The zero-order chi connectivity index (χ0) is 25.3. The van der Waals surface area contributed by atoms with E-state index in [9.17, 15) is 26.3 Å². The Morgan fingerprint density at radius 2 is 1.60 bits per heavy atom. The molecule has 4 rings (SSSR count). The molecule has 1 aromatic heterocycles. The Bertz CT molecular complexity index is 1140. The van der Waals surface area contributed by atoms with Crippen molar-refractivity contribution < 1.29 is 31.1 Å². The highest BCUT2D eigenvalue weighted by Gasteiger charge is 2.40. The Hall–Kier alpha value is -2.85. The summed E-state index contributed by atoms with van der Waals surface area (Å²) in [6.07, 6.45) is -9.20. The molecule has 0 N–H and O–H groups in total. The molecular formula is C25H22F6N2OS. The van der Waals surface area contributed by atoms with E-state index in [1.807, 2.05) is 59.8 Å². The van der Waals surface area contributed by atoms with E-state index in [1.54, 1.807) is 11.3 Å². The van der Waals surface area contributed by atoms with Gasteiger partial charge in [0.1, 0.15) is 11.4 Å². The molecule has 1 aliphatic rings. The normalized spacial score (nSPS) is 18.7. The molecule has 2 aromatic carbocycles. The number of rotatable bonds is 7. The van der Waals surface area contributed by atoms with Crippen molar-refractivity contribution in [2.75, 3.05) is 20.2 Å². The molecule has 10 heteroatoms. The molecule has 0 spiro atoms. The van der Waals surface area contributed by atoms with Gasteiger partial charge in [0.2, 0.25) is 0 Å². The van der Waals surface area contributed by atoms with Crippen LogP contribution in [0.3, 0.4) is 0 Å². The Morgan fingerprint density at radius 3 is 2.17 bits per heavy atom. The molecule has 2 heterocycles. The zero-order valence-electron chi connectivity index (χ0n) is 18.7. The standard InChI is InChI=1S/C25H22F6N2OS/c1-33-15-23(18-6-3-2-4-7-18,32-22(33)13-21-8-5-9-35-21)16-34-14-17-10-19(24(26,27)28)12-20(11-17)25(29,30)31/h2-12H,13-16H2,1H3/t23-/m1/s1. The first-order chi connectivity index (χ1) is 16.5. The maximum atomic E-state index is 13.2. The maximum Gasteiger partial charge on any atom is 0.416 e. The minimum atomic E-state index is -4.91. The third-order valence-corrected chi connectivity index (χ3v) is 6.64. The van der Waals surface area contributed by atoms with Gasteiger partial charge in [0.25, 0.3) is 0 Å². The number of hydrogen-bond donors (Lipinski definition) is 0. The molecule has 186 valence electrons. The van der Waals surface area contributed by atoms with Crippen molar-refractivity contribution in [1.82, 2.24) is 4.90 Å². The van der Waals surface area contributed by atoms with Gasteiger partial charge in [0.15, 0.2) is 0 Å². The lowest BCUT2D eigenvalue weighted by Gasteiger charge is -2.27. The number of likely N-dealkylation sites (N-methyl/N-ethyl adjacent to an activating group) is 1. The van der Waals surface area contributed by atoms with Crippen LogP contribution in [0.25, 0.3) is 0 Å². The fraction of sp³-hybridized carbons (Fsp3) is 0.320. The molecule has 0 fully saturated rings. The number of hydrogen-bond acceptors (Lipinski definition) is 4. The van der Waals surface area contributed by atoms with E-state index in [-0.39, 0.29) is 18.2 Å². The smallest absolute Gasteiger partial charge is 0.374 e. The summed E-state index contributed by atoms with van der Waals surface area (Å²) in [5.74, 6) is 0.832. The van der Waals surface area contributed by atoms with E-state index < -0.39 is 35.6 Å². The fourth-order valence-electron chi connectivity index (χ4n) is 4.10. The minimum Gasteiger partial charge on any atom is -0.374 e. The van der Waals surface area contributed by atoms with Crippen LogP contribution in [0.5, 0.6) is 0 Å². The number of nitrogens with zero attached hydrogens (tertiary/aromatic N) is 2. The highest BCUT2D eigenvalue weighted by Crippen LogP contribution is 2.37. The third-order valence-electron chi connectivity index (χ3n) is 5.76. The van der Waals surface area contributed by atoms with Crippen LogP contribution in [-0.4, -0.2) is 30.9 Å². The molecule has 1 atom stereocenters. The topological polar surface area (TPSA) is 24.8 Å². The average Bonchev–Trinajstić information content (AvgIpc) is 3.42. The van der Waals surface area contributed by atoms with E-state index in [0.717, 1.165) is 16.3 Å². The number of aliphatic imine (C=N–C) groups is 1. The lowest BCUT2D eigenvalue weighted by molar-refractivity contribution is -0.143. The van der Waals surface area contributed by atoms with Crippen molar-refractivity contribution in [3.63, 3.8) is 0 Å². The highest BCUT2D eigenvalue weighted by molar-refractivity contribution is 7.10. The van der Waals surface area contributed by atoms with Crippen LogP contribution in [0, 0.1) is 0 Å². The monoisotopic (exact) mass is 512 g/mol. The minimum absolute atomic E-state index is 0.00705. The SMILES string of the molecule is CN1C[C@@](COCc2cc(C(F)(F)F)cc(C(F)(F)F)c2)(c2ccccc2)N=C1Cc1cccs1. The maximum absolute atomic E-state index is 13.2. The Morgan fingerprint density at radius 1 is 0.943 bits per heavy atom. The van der Waals surface area contributed by atoms with Gasteiger partial charge in [-0.3, -0.25) is 4.99 Å². The van der Waals surface area contributed by atoms with Crippen molar-refractivity contribution >= 4 is 17.2 Å². The van der Waals surface area contributed by atoms with Gasteiger partial charge in [0.05, 0.1) is 30.9 Å². The summed E-state index contributed by atoms with van der Waals surface area (Å²) in [7, 11) is 1.90. The van der Waals surface area contributed by atoms with Crippen LogP contribution in [0.1, 0.15) is 27.1 Å². The molecule has 0 saturated carbocycles. The first-order valence-corrected chi connectivity index (χ1v) is 11.6. The van der Waals surface area contributed by atoms with Gasteiger partial charge in [-0.15, -0.1) is 11.3 Å². The number of thiophene rings is 1. The van der Waals surface area contributed by atoms with Gasteiger partial charge in [-0.05, 0) is 40.8 Å². The summed E-state index contributed by atoms with van der Waals surface area (Å²) >= 11 is 1.61. The van der Waals surface area contributed by atoms with Gasteiger partial charge in [0, 0.05) is 18.3 Å². The van der Waals surface area contributed by atoms with Gasteiger partial charge in [-0.2, -0.15) is 26.3 Å². The van der Waals surface area contributed by atoms with Gasteiger partial charge in [-0.1, -0.05) is 36.4 Å². The predicted molar refractivity (Wildman–Crippen MR) is 122 cm³/mol. The molecule has 0 aliphatic carbocycles. The summed E-state index contributed by atoms with van der Waals surface area (Å²) < 4.78 is 84.9. The molecule has 35 heavy (non-hydrogen) atoms.